The van der Waals surface area contributed by atoms with Gasteiger partial charge >= 0.3 is 5.97 Å². The minimum atomic E-state index is -3.47. The summed E-state index contributed by atoms with van der Waals surface area (Å²) >= 11 is 0. The average molecular weight is 302 g/mol. The van der Waals surface area contributed by atoms with Gasteiger partial charge in [-0.25, -0.2) is 13.1 Å². The van der Waals surface area contributed by atoms with Crippen LogP contribution in [0.3, 0.4) is 0 Å². The summed E-state index contributed by atoms with van der Waals surface area (Å²) in [5, 5.41) is 0. The van der Waals surface area contributed by atoms with Crippen molar-refractivity contribution in [1.82, 2.24) is 4.72 Å². The third-order valence-electron chi connectivity index (χ3n) is 2.38. The van der Waals surface area contributed by atoms with Crippen molar-refractivity contribution in [2.45, 2.75) is 6.42 Å². The Morgan fingerprint density at radius 3 is 2.55 bits per heavy atom. The highest BCUT2D eigenvalue weighted by atomic mass is 32.2. The van der Waals surface area contributed by atoms with Crippen molar-refractivity contribution in [3.63, 3.8) is 0 Å². The normalized spacial score (nSPS) is 11.1. The van der Waals surface area contributed by atoms with Crippen molar-refractivity contribution >= 4 is 21.7 Å². The summed E-state index contributed by atoms with van der Waals surface area (Å²) in [6.45, 7) is 0.0222. The Kier molecular flexibility index (Phi) is 6.26. The molecule has 0 aliphatic heterocycles. The molecule has 8 heteroatoms. The van der Waals surface area contributed by atoms with Crippen molar-refractivity contribution in [1.29, 1.82) is 0 Å². The molecule has 1 rings (SSSR count). The van der Waals surface area contributed by atoms with E-state index in [4.69, 9.17) is 10.5 Å². The predicted molar refractivity (Wildman–Crippen MR) is 74.8 cm³/mol. The van der Waals surface area contributed by atoms with Gasteiger partial charge in [0, 0.05) is 12.2 Å². The zero-order valence-corrected chi connectivity index (χ0v) is 12.0. The second-order valence-electron chi connectivity index (χ2n) is 3.96. The number of carbonyl (C=O) groups excluding carboxylic acids is 1. The first-order valence-corrected chi connectivity index (χ1v) is 7.60. The molecule has 0 saturated heterocycles. The first-order chi connectivity index (χ1) is 9.43. The molecule has 1 aromatic carbocycles. The summed E-state index contributed by atoms with van der Waals surface area (Å²) in [6.07, 6.45) is -0.00541. The van der Waals surface area contributed by atoms with Gasteiger partial charge in [-0.05, 0) is 24.3 Å². The van der Waals surface area contributed by atoms with E-state index in [-0.39, 0.29) is 25.3 Å². The maximum Gasteiger partial charge on any atom is 0.306 e. The predicted octanol–water partition coefficient (Wildman–Crippen LogP) is 0.130. The van der Waals surface area contributed by atoms with Gasteiger partial charge in [-0.1, -0.05) is 0 Å². The van der Waals surface area contributed by atoms with E-state index in [1.54, 1.807) is 24.3 Å². The molecular weight excluding hydrogens is 284 g/mol. The van der Waals surface area contributed by atoms with Gasteiger partial charge < -0.3 is 15.2 Å². The number of hydrogen-bond donors (Lipinski definition) is 2. The lowest BCUT2D eigenvalue weighted by atomic mass is 10.3. The van der Waals surface area contributed by atoms with Crippen LogP contribution in [0.5, 0.6) is 5.75 Å². The zero-order valence-electron chi connectivity index (χ0n) is 11.2. The standard InChI is InChI=1S/C12H18N2O5S/c1-18-12(15)6-7-14-20(16,17)9-8-19-11-4-2-10(13)3-5-11/h2-5,14H,6-9,13H2,1H3. The number of benzene rings is 1. The van der Waals surface area contributed by atoms with Gasteiger partial charge in [0.05, 0.1) is 19.3 Å². The Morgan fingerprint density at radius 2 is 1.95 bits per heavy atom. The fraction of sp³-hybridized carbons (Fsp3) is 0.417. The monoisotopic (exact) mass is 302 g/mol. The number of nitrogens with one attached hydrogen (secondary N) is 1. The summed E-state index contributed by atoms with van der Waals surface area (Å²) < 4.78 is 35.1. The van der Waals surface area contributed by atoms with Crippen molar-refractivity contribution in [3.8, 4) is 5.75 Å². The lowest BCUT2D eigenvalue weighted by molar-refractivity contribution is -0.140. The number of rotatable bonds is 8. The smallest absolute Gasteiger partial charge is 0.306 e. The van der Waals surface area contributed by atoms with E-state index in [1.165, 1.54) is 7.11 Å². The van der Waals surface area contributed by atoms with Crippen LogP contribution in [0.4, 0.5) is 5.69 Å². The molecular formula is C12H18N2O5S. The van der Waals surface area contributed by atoms with E-state index in [0.29, 0.717) is 11.4 Å². The molecule has 0 bridgehead atoms. The van der Waals surface area contributed by atoms with E-state index in [0.717, 1.165) is 0 Å². The molecule has 1 aromatic rings. The van der Waals surface area contributed by atoms with Gasteiger partial charge in [-0.2, -0.15) is 0 Å². The zero-order chi connectivity index (χ0) is 15.0. The van der Waals surface area contributed by atoms with Crippen molar-refractivity contribution in [2.24, 2.45) is 0 Å². The third-order valence-corrected chi connectivity index (χ3v) is 3.73. The van der Waals surface area contributed by atoms with Crippen molar-refractivity contribution in [3.05, 3.63) is 24.3 Å². The first kappa shape index (κ1) is 16.3. The minimum absolute atomic E-state index is 0.00541. The van der Waals surface area contributed by atoms with Gasteiger partial charge in [0.15, 0.2) is 0 Å². The van der Waals surface area contributed by atoms with Crippen LogP contribution in [0, 0.1) is 0 Å². The molecule has 0 unspecified atom stereocenters. The number of anilines is 1. The highest BCUT2D eigenvalue weighted by molar-refractivity contribution is 7.89. The van der Waals surface area contributed by atoms with Gasteiger partial charge in [0.1, 0.15) is 12.4 Å². The summed E-state index contributed by atoms with van der Waals surface area (Å²) in [5.74, 6) is -0.117. The Balaban J connectivity index is 2.29. The van der Waals surface area contributed by atoms with Crippen molar-refractivity contribution in [2.75, 3.05) is 31.7 Å². The van der Waals surface area contributed by atoms with E-state index in [9.17, 15) is 13.2 Å². The summed E-state index contributed by atoms with van der Waals surface area (Å²) in [7, 11) is -2.22. The van der Waals surface area contributed by atoms with E-state index >= 15 is 0 Å². The van der Waals surface area contributed by atoms with Gasteiger partial charge in [0.25, 0.3) is 0 Å². The molecule has 0 amide bonds. The van der Waals surface area contributed by atoms with E-state index < -0.39 is 16.0 Å². The number of nitrogen functional groups attached to an aromatic ring is 1. The third kappa shape index (κ3) is 6.39. The quantitative estimate of drug-likeness (QED) is 0.522. The molecule has 0 heterocycles. The molecule has 7 nitrogen and oxygen atoms in total. The maximum atomic E-state index is 11.6. The molecule has 0 fully saturated rings. The van der Waals surface area contributed by atoms with Crippen LogP contribution in [0.15, 0.2) is 24.3 Å². The number of sulfonamides is 1. The Bertz CT molecular complexity index is 527. The number of hydrogen-bond acceptors (Lipinski definition) is 6. The summed E-state index contributed by atoms with van der Waals surface area (Å²) in [6, 6.07) is 6.65. The number of carbonyl (C=O) groups is 1. The van der Waals surface area contributed by atoms with Gasteiger partial charge in [-0.15, -0.1) is 0 Å². The SMILES string of the molecule is COC(=O)CCNS(=O)(=O)CCOc1ccc(N)cc1. The van der Waals surface area contributed by atoms with Crippen LogP contribution in [-0.2, 0) is 19.6 Å². The van der Waals surface area contributed by atoms with Crippen LogP contribution >= 0.6 is 0 Å². The first-order valence-electron chi connectivity index (χ1n) is 5.95. The molecule has 0 aliphatic carbocycles. The van der Waals surface area contributed by atoms with E-state index in [1.807, 2.05) is 0 Å². The van der Waals surface area contributed by atoms with Crippen LogP contribution in [0.2, 0.25) is 0 Å². The number of esters is 1. The molecule has 0 aliphatic rings. The molecule has 0 spiro atoms. The largest absolute Gasteiger partial charge is 0.492 e. The van der Waals surface area contributed by atoms with Crippen LogP contribution in [0.1, 0.15) is 6.42 Å². The van der Waals surface area contributed by atoms with Crippen LogP contribution in [-0.4, -0.2) is 40.4 Å². The molecule has 0 aromatic heterocycles. The van der Waals surface area contributed by atoms with Crippen LogP contribution in [0.25, 0.3) is 0 Å². The van der Waals surface area contributed by atoms with E-state index in [2.05, 4.69) is 9.46 Å². The second-order valence-corrected chi connectivity index (χ2v) is 5.88. The highest BCUT2D eigenvalue weighted by Gasteiger charge is 2.11. The van der Waals surface area contributed by atoms with Gasteiger partial charge in [0.2, 0.25) is 10.0 Å². The molecule has 0 radical (unpaired) electrons. The molecule has 0 saturated carbocycles. The van der Waals surface area contributed by atoms with Crippen LogP contribution < -0.4 is 15.2 Å². The lowest BCUT2D eigenvalue weighted by Crippen LogP contribution is -2.31. The fourth-order valence-electron chi connectivity index (χ4n) is 1.32. The van der Waals surface area contributed by atoms with Gasteiger partial charge in [-0.3, -0.25) is 4.79 Å². The Morgan fingerprint density at radius 1 is 1.30 bits per heavy atom. The number of ether oxygens (including phenoxy) is 2. The number of nitrogens with two attached hydrogens (primary N) is 1. The molecule has 20 heavy (non-hydrogen) atoms. The highest BCUT2D eigenvalue weighted by Crippen LogP contribution is 2.12. The molecule has 112 valence electrons. The second kappa shape index (κ2) is 7.71. The summed E-state index contributed by atoms with van der Waals surface area (Å²) in [5.41, 5.74) is 6.12. The fourth-order valence-corrected chi connectivity index (χ4v) is 2.18. The Labute approximate surface area is 118 Å². The average Bonchev–Trinajstić information content (AvgIpc) is 2.40. The maximum absolute atomic E-state index is 11.6. The minimum Gasteiger partial charge on any atom is -0.492 e. The molecule has 3 N–H and O–H groups in total. The topological polar surface area (TPSA) is 108 Å². The lowest BCUT2D eigenvalue weighted by Gasteiger charge is -2.08. The molecule has 0 atom stereocenters. The summed E-state index contributed by atoms with van der Waals surface area (Å²) in [4.78, 5) is 10.8. The van der Waals surface area contributed by atoms with Crippen molar-refractivity contribution < 1.29 is 22.7 Å². The Hall–Kier alpha value is -1.80. The number of methoxy groups -OCH3 is 1.